The van der Waals surface area contributed by atoms with Crippen molar-refractivity contribution in [3.63, 3.8) is 0 Å². The SMILES string of the molecule is NCCOc1cccc(C2(Cc3ccccc3)CN(CC(F)F)C2)c1. The van der Waals surface area contributed by atoms with Gasteiger partial charge in [-0.2, -0.15) is 0 Å². The third kappa shape index (κ3) is 4.35. The van der Waals surface area contributed by atoms with Crippen LogP contribution in [0.3, 0.4) is 0 Å². The molecule has 0 aliphatic carbocycles. The van der Waals surface area contributed by atoms with Gasteiger partial charge in [0.1, 0.15) is 12.4 Å². The topological polar surface area (TPSA) is 38.5 Å². The summed E-state index contributed by atoms with van der Waals surface area (Å²) in [4.78, 5) is 1.82. The molecule has 2 aromatic rings. The minimum atomic E-state index is -2.30. The van der Waals surface area contributed by atoms with Crippen LogP contribution in [0.1, 0.15) is 11.1 Å². The Labute approximate surface area is 147 Å². The fourth-order valence-electron chi connectivity index (χ4n) is 3.61. The zero-order valence-corrected chi connectivity index (χ0v) is 14.2. The van der Waals surface area contributed by atoms with Crippen LogP contribution < -0.4 is 10.5 Å². The van der Waals surface area contributed by atoms with Gasteiger partial charge in [-0.05, 0) is 29.7 Å². The van der Waals surface area contributed by atoms with E-state index in [4.69, 9.17) is 10.5 Å². The lowest BCUT2D eigenvalue weighted by molar-refractivity contribution is 0.00610. The molecule has 0 radical (unpaired) electrons. The molecule has 0 amide bonds. The van der Waals surface area contributed by atoms with E-state index in [0.29, 0.717) is 26.2 Å². The molecule has 1 aliphatic rings. The lowest BCUT2D eigenvalue weighted by Crippen LogP contribution is -2.61. The standard InChI is InChI=1S/C20H24F2N2O/c21-19(22)13-24-14-20(15-24,12-16-5-2-1-3-6-16)17-7-4-8-18(11-17)25-10-9-23/h1-8,11,19H,9-10,12-15,23H2. The third-order valence-electron chi connectivity index (χ3n) is 4.67. The van der Waals surface area contributed by atoms with Crippen molar-refractivity contribution in [3.8, 4) is 5.75 Å². The first-order valence-corrected chi connectivity index (χ1v) is 8.59. The summed E-state index contributed by atoms with van der Waals surface area (Å²) in [7, 11) is 0. The number of hydrogen-bond donors (Lipinski definition) is 1. The highest BCUT2D eigenvalue weighted by atomic mass is 19.3. The highest BCUT2D eigenvalue weighted by Crippen LogP contribution is 2.39. The van der Waals surface area contributed by atoms with Gasteiger partial charge in [-0.15, -0.1) is 0 Å². The molecule has 0 spiro atoms. The first-order chi connectivity index (χ1) is 12.1. The van der Waals surface area contributed by atoms with Crippen LogP contribution in [0.15, 0.2) is 54.6 Å². The number of nitrogens with two attached hydrogens (primary N) is 1. The van der Waals surface area contributed by atoms with E-state index in [1.165, 1.54) is 5.56 Å². The van der Waals surface area contributed by atoms with E-state index in [0.717, 1.165) is 17.7 Å². The van der Waals surface area contributed by atoms with Crippen LogP contribution in [0.5, 0.6) is 5.75 Å². The van der Waals surface area contributed by atoms with E-state index >= 15 is 0 Å². The summed E-state index contributed by atoms with van der Waals surface area (Å²) in [5, 5.41) is 0. The average molecular weight is 346 g/mol. The van der Waals surface area contributed by atoms with Gasteiger partial charge >= 0.3 is 0 Å². The summed E-state index contributed by atoms with van der Waals surface area (Å²) in [6.45, 7) is 2.02. The molecular weight excluding hydrogens is 322 g/mol. The zero-order chi connectivity index (χ0) is 17.7. The van der Waals surface area contributed by atoms with Crippen LogP contribution in [0.25, 0.3) is 0 Å². The van der Waals surface area contributed by atoms with Gasteiger partial charge in [-0.25, -0.2) is 8.78 Å². The summed E-state index contributed by atoms with van der Waals surface area (Å²) in [5.41, 5.74) is 7.70. The number of halogens is 2. The van der Waals surface area contributed by atoms with Crippen LogP contribution in [0.4, 0.5) is 8.78 Å². The maximum atomic E-state index is 12.7. The van der Waals surface area contributed by atoms with E-state index in [-0.39, 0.29) is 12.0 Å². The molecule has 0 unspecified atom stereocenters. The van der Waals surface area contributed by atoms with Crippen LogP contribution >= 0.6 is 0 Å². The molecule has 1 aliphatic heterocycles. The molecule has 3 rings (SSSR count). The van der Waals surface area contributed by atoms with Crippen molar-refractivity contribution in [1.82, 2.24) is 4.90 Å². The van der Waals surface area contributed by atoms with Gasteiger partial charge in [-0.3, -0.25) is 4.90 Å². The Balaban J connectivity index is 1.82. The second-order valence-electron chi connectivity index (χ2n) is 6.67. The quantitative estimate of drug-likeness (QED) is 0.798. The summed E-state index contributed by atoms with van der Waals surface area (Å²) < 4.78 is 31.1. The fraction of sp³-hybridized carbons (Fsp3) is 0.400. The zero-order valence-electron chi connectivity index (χ0n) is 14.2. The Kier molecular flexibility index (Phi) is 5.66. The van der Waals surface area contributed by atoms with Gasteiger partial charge in [0.25, 0.3) is 6.43 Å². The van der Waals surface area contributed by atoms with Crippen LogP contribution in [0.2, 0.25) is 0 Å². The molecule has 1 heterocycles. The summed E-state index contributed by atoms with van der Waals surface area (Å²) in [6.07, 6.45) is -1.47. The number of ether oxygens (including phenoxy) is 1. The number of rotatable bonds is 8. The lowest BCUT2D eigenvalue weighted by Gasteiger charge is -2.51. The number of alkyl halides is 2. The minimum Gasteiger partial charge on any atom is -0.492 e. The predicted molar refractivity (Wildman–Crippen MR) is 95.3 cm³/mol. The van der Waals surface area contributed by atoms with Crippen LogP contribution in [0, 0.1) is 0 Å². The maximum Gasteiger partial charge on any atom is 0.251 e. The van der Waals surface area contributed by atoms with Gasteiger partial charge in [0.05, 0.1) is 6.54 Å². The largest absolute Gasteiger partial charge is 0.492 e. The molecular formula is C20H24F2N2O. The molecule has 0 bridgehead atoms. The van der Waals surface area contributed by atoms with Crippen molar-refractivity contribution < 1.29 is 13.5 Å². The monoisotopic (exact) mass is 346 g/mol. The van der Waals surface area contributed by atoms with Crippen molar-refractivity contribution in [2.24, 2.45) is 5.73 Å². The number of likely N-dealkylation sites (tertiary alicyclic amines) is 1. The van der Waals surface area contributed by atoms with E-state index in [9.17, 15) is 8.78 Å². The van der Waals surface area contributed by atoms with Crippen molar-refractivity contribution in [2.75, 3.05) is 32.8 Å². The third-order valence-corrected chi connectivity index (χ3v) is 4.67. The molecule has 2 N–H and O–H groups in total. The van der Waals surface area contributed by atoms with E-state index in [2.05, 4.69) is 18.2 Å². The first kappa shape index (κ1) is 17.8. The van der Waals surface area contributed by atoms with Gasteiger partial charge < -0.3 is 10.5 Å². The second-order valence-corrected chi connectivity index (χ2v) is 6.67. The van der Waals surface area contributed by atoms with Crippen LogP contribution in [-0.2, 0) is 11.8 Å². The van der Waals surface area contributed by atoms with Crippen molar-refractivity contribution in [3.05, 3.63) is 65.7 Å². The highest BCUT2D eigenvalue weighted by molar-refractivity contribution is 5.38. The molecule has 3 nitrogen and oxygen atoms in total. The molecule has 5 heteroatoms. The van der Waals surface area contributed by atoms with E-state index in [1.54, 1.807) is 0 Å². The van der Waals surface area contributed by atoms with Gasteiger partial charge in [0.2, 0.25) is 0 Å². The number of nitrogens with zero attached hydrogens (tertiary/aromatic N) is 1. The Hall–Kier alpha value is -1.98. The summed E-state index contributed by atoms with van der Waals surface area (Å²) in [5.74, 6) is 0.780. The van der Waals surface area contributed by atoms with E-state index < -0.39 is 6.43 Å². The average Bonchev–Trinajstić information content (AvgIpc) is 2.58. The maximum absolute atomic E-state index is 12.7. The fourth-order valence-corrected chi connectivity index (χ4v) is 3.61. The summed E-state index contributed by atoms with van der Waals surface area (Å²) in [6, 6.07) is 18.2. The Morgan fingerprint density at radius 2 is 1.84 bits per heavy atom. The number of benzene rings is 2. The predicted octanol–water partition coefficient (Wildman–Crippen LogP) is 3.09. The molecule has 2 aromatic carbocycles. The van der Waals surface area contributed by atoms with E-state index in [1.807, 2.05) is 41.3 Å². The molecule has 25 heavy (non-hydrogen) atoms. The smallest absolute Gasteiger partial charge is 0.251 e. The Morgan fingerprint density at radius 1 is 1.08 bits per heavy atom. The second kappa shape index (κ2) is 7.93. The van der Waals surface area contributed by atoms with Gasteiger partial charge in [0, 0.05) is 25.0 Å². The Bertz CT molecular complexity index is 672. The normalized spacial score (nSPS) is 16.6. The van der Waals surface area contributed by atoms with Gasteiger partial charge in [-0.1, -0.05) is 42.5 Å². The van der Waals surface area contributed by atoms with Crippen molar-refractivity contribution in [1.29, 1.82) is 0 Å². The molecule has 0 aromatic heterocycles. The molecule has 0 saturated carbocycles. The molecule has 0 atom stereocenters. The molecule has 134 valence electrons. The van der Waals surface area contributed by atoms with Crippen LogP contribution in [-0.4, -0.2) is 44.1 Å². The van der Waals surface area contributed by atoms with Gasteiger partial charge in [0.15, 0.2) is 0 Å². The summed E-state index contributed by atoms with van der Waals surface area (Å²) >= 11 is 0. The molecule has 1 fully saturated rings. The first-order valence-electron chi connectivity index (χ1n) is 8.59. The van der Waals surface area contributed by atoms with Crippen molar-refractivity contribution >= 4 is 0 Å². The minimum absolute atomic E-state index is 0.154. The molecule has 1 saturated heterocycles. The van der Waals surface area contributed by atoms with Crippen molar-refractivity contribution in [2.45, 2.75) is 18.3 Å². The Morgan fingerprint density at radius 3 is 2.52 bits per heavy atom. The number of hydrogen-bond acceptors (Lipinski definition) is 3. The lowest BCUT2D eigenvalue weighted by atomic mass is 9.69. The highest BCUT2D eigenvalue weighted by Gasteiger charge is 2.45.